The van der Waals surface area contributed by atoms with Gasteiger partial charge in [0.05, 0.1) is 0 Å². The van der Waals surface area contributed by atoms with Gasteiger partial charge < -0.3 is 5.11 Å². The van der Waals surface area contributed by atoms with E-state index in [1.165, 1.54) is 5.56 Å². The zero-order chi connectivity index (χ0) is 11.0. The number of aliphatic hydroxyl groups is 1. The molecule has 1 nitrogen and oxygen atoms in total. The van der Waals surface area contributed by atoms with Crippen LogP contribution in [0.4, 0.5) is 0 Å². The molecule has 3 rings (SSSR count). The number of hydrogen-bond donors (Lipinski definition) is 1. The van der Waals surface area contributed by atoms with Crippen LogP contribution in [0.5, 0.6) is 0 Å². The zero-order valence-electron chi connectivity index (χ0n) is 9.06. The van der Waals surface area contributed by atoms with Crippen LogP contribution in [0, 0.1) is 0 Å². The van der Waals surface area contributed by atoms with Gasteiger partial charge in [0.25, 0.3) is 0 Å². The molecule has 0 spiro atoms. The largest absolute Gasteiger partial charge is 0.380 e. The van der Waals surface area contributed by atoms with Crippen LogP contribution in [-0.4, -0.2) is 5.11 Å². The minimum atomic E-state index is -0.780. The van der Waals surface area contributed by atoms with Gasteiger partial charge in [0.15, 0.2) is 0 Å². The Kier molecular flexibility index (Phi) is 2.08. The second-order valence-electron chi connectivity index (χ2n) is 4.38. The summed E-state index contributed by atoms with van der Waals surface area (Å²) in [6.45, 7) is 0. The second kappa shape index (κ2) is 3.46. The molecule has 0 bridgehead atoms. The van der Waals surface area contributed by atoms with Crippen molar-refractivity contribution in [3.63, 3.8) is 0 Å². The molecule has 1 atom stereocenters. The number of hydrogen-bond acceptors (Lipinski definition) is 1. The maximum atomic E-state index is 10.8. The lowest BCUT2D eigenvalue weighted by molar-refractivity contribution is 0.0829. The first kappa shape index (κ1) is 9.61. The van der Waals surface area contributed by atoms with Crippen LogP contribution in [-0.2, 0) is 12.0 Å². The number of rotatable bonds is 1. The highest BCUT2D eigenvalue weighted by Crippen LogP contribution is 2.41. The molecule has 2 aromatic carbocycles. The maximum Gasteiger partial charge on any atom is 0.115 e. The third kappa shape index (κ3) is 1.29. The van der Waals surface area contributed by atoms with Crippen molar-refractivity contribution < 1.29 is 5.11 Å². The third-order valence-electron chi connectivity index (χ3n) is 3.47. The van der Waals surface area contributed by atoms with Gasteiger partial charge in [-0.15, -0.1) is 0 Å². The summed E-state index contributed by atoms with van der Waals surface area (Å²) in [5.41, 5.74) is 2.56. The first-order valence-corrected chi connectivity index (χ1v) is 5.67. The molecule has 0 aromatic heterocycles. The van der Waals surface area contributed by atoms with Crippen LogP contribution >= 0.6 is 0 Å². The summed E-state index contributed by atoms with van der Waals surface area (Å²) in [4.78, 5) is 0. The highest BCUT2D eigenvalue weighted by atomic mass is 16.3. The lowest BCUT2D eigenvalue weighted by Gasteiger charge is -2.24. The van der Waals surface area contributed by atoms with Gasteiger partial charge in [-0.3, -0.25) is 0 Å². The first-order valence-electron chi connectivity index (χ1n) is 5.67. The highest BCUT2D eigenvalue weighted by molar-refractivity contribution is 5.44. The minimum Gasteiger partial charge on any atom is -0.380 e. The van der Waals surface area contributed by atoms with Crippen LogP contribution in [0.2, 0.25) is 0 Å². The Bertz CT molecular complexity index is 504. The van der Waals surface area contributed by atoms with Crippen molar-refractivity contribution in [1.29, 1.82) is 0 Å². The molecule has 0 unspecified atom stereocenters. The standard InChI is InChI=1S/C15H14O/c16-15(13-7-2-1-3-8-13)11-10-12-6-4-5-9-14(12)15/h1-9,16H,10-11H2/t15-/m0/s1. The number of benzene rings is 2. The molecule has 0 radical (unpaired) electrons. The predicted octanol–water partition coefficient (Wildman–Crippen LogP) is 2.87. The Labute approximate surface area is 95.4 Å². The van der Waals surface area contributed by atoms with Crippen LogP contribution in [0.1, 0.15) is 23.1 Å². The fourth-order valence-electron chi connectivity index (χ4n) is 2.61. The molecule has 0 heterocycles. The normalized spacial score (nSPS) is 23.1. The fraction of sp³-hybridized carbons (Fsp3) is 0.200. The van der Waals surface area contributed by atoms with Gasteiger partial charge in [-0.1, -0.05) is 54.6 Å². The van der Waals surface area contributed by atoms with Crippen molar-refractivity contribution in [2.75, 3.05) is 0 Å². The summed E-state index contributed by atoms with van der Waals surface area (Å²) in [6, 6.07) is 18.1. The zero-order valence-corrected chi connectivity index (χ0v) is 9.06. The van der Waals surface area contributed by atoms with Gasteiger partial charge in [-0.25, -0.2) is 0 Å². The molecular formula is C15H14O. The lowest BCUT2D eigenvalue weighted by Crippen LogP contribution is -2.23. The average molecular weight is 210 g/mol. The van der Waals surface area contributed by atoms with E-state index < -0.39 is 5.60 Å². The minimum absolute atomic E-state index is 0.780. The Hall–Kier alpha value is -1.60. The van der Waals surface area contributed by atoms with Gasteiger partial charge in [-0.2, -0.15) is 0 Å². The van der Waals surface area contributed by atoms with Crippen LogP contribution < -0.4 is 0 Å². The summed E-state index contributed by atoms with van der Waals surface area (Å²) in [5.74, 6) is 0. The van der Waals surface area contributed by atoms with Gasteiger partial charge in [-0.05, 0) is 29.5 Å². The molecule has 2 aromatic rings. The fourth-order valence-corrected chi connectivity index (χ4v) is 2.61. The van der Waals surface area contributed by atoms with Gasteiger partial charge >= 0.3 is 0 Å². The topological polar surface area (TPSA) is 20.2 Å². The predicted molar refractivity (Wildman–Crippen MR) is 64.2 cm³/mol. The molecule has 80 valence electrons. The van der Waals surface area contributed by atoms with Crippen LogP contribution in [0.25, 0.3) is 0 Å². The summed E-state index contributed by atoms with van der Waals surface area (Å²) in [7, 11) is 0. The molecular weight excluding hydrogens is 196 g/mol. The van der Waals surface area contributed by atoms with Gasteiger partial charge in [0.1, 0.15) is 5.60 Å². The van der Waals surface area contributed by atoms with Gasteiger partial charge in [0, 0.05) is 0 Å². The molecule has 1 N–H and O–H groups in total. The second-order valence-corrected chi connectivity index (χ2v) is 4.38. The van der Waals surface area contributed by atoms with E-state index in [1.807, 2.05) is 48.5 Å². The van der Waals surface area contributed by atoms with E-state index >= 15 is 0 Å². The molecule has 0 saturated heterocycles. The Morgan fingerprint density at radius 1 is 0.875 bits per heavy atom. The molecule has 16 heavy (non-hydrogen) atoms. The summed E-state index contributed by atoms with van der Waals surface area (Å²) < 4.78 is 0. The molecule has 1 aliphatic rings. The Morgan fingerprint density at radius 3 is 2.38 bits per heavy atom. The highest BCUT2D eigenvalue weighted by Gasteiger charge is 2.37. The van der Waals surface area contributed by atoms with Crippen LogP contribution in [0.15, 0.2) is 54.6 Å². The van der Waals surface area contributed by atoms with E-state index in [0.29, 0.717) is 0 Å². The van der Waals surface area contributed by atoms with E-state index in [4.69, 9.17) is 0 Å². The SMILES string of the molecule is O[C@]1(c2ccccc2)CCc2ccccc21. The molecule has 0 amide bonds. The van der Waals surface area contributed by atoms with Crippen molar-refractivity contribution in [1.82, 2.24) is 0 Å². The smallest absolute Gasteiger partial charge is 0.115 e. The van der Waals surface area contributed by atoms with Crippen molar-refractivity contribution in [3.8, 4) is 0 Å². The van der Waals surface area contributed by atoms with E-state index in [1.54, 1.807) is 0 Å². The lowest BCUT2D eigenvalue weighted by atomic mass is 9.88. The molecule has 1 heteroatoms. The Balaban J connectivity index is 2.15. The number of aryl methyl sites for hydroxylation is 1. The average Bonchev–Trinajstić information content (AvgIpc) is 2.71. The maximum absolute atomic E-state index is 10.8. The third-order valence-corrected chi connectivity index (χ3v) is 3.47. The molecule has 1 aliphatic carbocycles. The van der Waals surface area contributed by atoms with Crippen molar-refractivity contribution in [3.05, 3.63) is 71.3 Å². The first-order chi connectivity index (χ1) is 7.81. The quantitative estimate of drug-likeness (QED) is 0.767. The molecule has 0 saturated carbocycles. The van der Waals surface area contributed by atoms with E-state index in [-0.39, 0.29) is 0 Å². The van der Waals surface area contributed by atoms with Gasteiger partial charge in [0.2, 0.25) is 0 Å². The summed E-state index contributed by atoms with van der Waals surface area (Å²) in [6.07, 6.45) is 1.75. The van der Waals surface area contributed by atoms with E-state index in [0.717, 1.165) is 24.0 Å². The molecule has 0 aliphatic heterocycles. The Morgan fingerprint density at radius 2 is 1.56 bits per heavy atom. The summed E-state index contributed by atoms with van der Waals surface area (Å²) >= 11 is 0. The van der Waals surface area contributed by atoms with Crippen LogP contribution in [0.3, 0.4) is 0 Å². The number of fused-ring (bicyclic) bond motifs is 1. The van der Waals surface area contributed by atoms with Crippen molar-refractivity contribution in [2.45, 2.75) is 18.4 Å². The van der Waals surface area contributed by atoms with Crippen molar-refractivity contribution in [2.24, 2.45) is 0 Å². The monoisotopic (exact) mass is 210 g/mol. The van der Waals surface area contributed by atoms with E-state index in [9.17, 15) is 5.11 Å². The van der Waals surface area contributed by atoms with Crippen molar-refractivity contribution >= 4 is 0 Å². The van der Waals surface area contributed by atoms with E-state index in [2.05, 4.69) is 6.07 Å². The summed E-state index contributed by atoms with van der Waals surface area (Å²) in [5, 5.41) is 10.8. The molecule has 0 fully saturated rings.